The number of carbonyl (C=O) groups is 2. The van der Waals surface area contributed by atoms with Crippen LogP contribution < -0.4 is 5.32 Å². The molecule has 25 heavy (non-hydrogen) atoms. The van der Waals surface area contributed by atoms with Crippen LogP contribution in [0.5, 0.6) is 0 Å². The van der Waals surface area contributed by atoms with E-state index in [2.05, 4.69) is 21.4 Å². The molecule has 1 saturated heterocycles. The number of piperazine rings is 1. The average Bonchev–Trinajstić information content (AvgIpc) is 2.68. The highest BCUT2D eigenvalue weighted by molar-refractivity contribution is 5.93. The van der Waals surface area contributed by atoms with E-state index in [4.69, 9.17) is 5.26 Å². The van der Waals surface area contributed by atoms with E-state index in [1.807, 2.05) is 6.07 Å². The van der Waals surface area contributed by atoms with Crippen LogP contribution in [-0.4, -0.2) is 58.3 Å². The van der Waals surface area contributed by atoms with Crippen molar-refractivity contribution in [1.29, 1.82) is 5.26 Å². The molecule has 8 nitrogen and oxygen atoms in total. The van der Waals surface area contributed by atoms with Crippen molar-refractivity contribution in [1.82, 2.24) is 19.8 Å². The van der Waals surface area contributed by atoms with Crippen LogP contribution in [0.15, 0.2) is 36.7 Å². The van der Waals surface area contributed by atoms with Crippen LogP contribution in [-0.2, 0) is 4.79 Å². The predicted molar refractivity (Wildman–Crippen MR) is 90.0 cm³/mol. The lowest BCUT2D eigenvalue weighted by molar-refractivity contribution is -0.119. The van der Waals surface area contributed by atoms with Crippen molar-refractivity contribution in [2.75, 3.05) is 31.5 Å². The molecule has 0 radical (unpaired) electrons. The Bertz CT molecular complexity index is 824. The van der Waals surface area contributed by atoms with Gasteiger partial charge in [-0.25, -0.2) is 9.97 Å². The van der Waals surface area contributed by atoms with Crippen molar-refractivity contribution >= 4 is 23.8 Å². The van der Waals surface area contributed by atoms with Gasteiger partial charge < -0.3 is 15.1 Å². The fourth-order valence-corrected chi connectivity index (χ4v) is 2.55. The Morgan fingerprint density at radius 1 is 1.20 bits per heavy atom. The number of anilines is 2. The summed E-state index contributed by atoms with van der Waals surface area (Å²) in [5.74, 6) is 0.279. The van der Waals surface area contributed by atoms with Crippen molar-refractivity contribution in [3.63, 3.8) is 0 Å². The molecule has 3 rings (SSSR count). The summed E-state index contributed by atoms with van der Waals surface area (Å²) in [6.07, 6.45) is 2.12. The molecule has 0 saturated carbocycles. The van der Waals surface area contributed by atoms with E-state index in [9.17, 15) is 9.59 Å². The number of hydrogen-bond acceptors (Lipinski definition) is 6. The quantitative estimate of drug-likeness (QED) is 0.836. The van der Waals surface area contributed by atoms with Crippen molar-refractivity contribution in [2.24, 2.45) is 0 Å². The van der Waals surface area contributed by atoms with Gasteiger partial charge in [0.15, 0.2) is 0 Å². The standard InChI is InChI=1S/C17H16N6O2/c18-10-13-2-1-3-14(8-13)21-16-9-15(19-11-20-16)17(25)23-6-4-22(12-24)5-7-23/h1-3,8-9,11-12H,4-7H2,(H,19,20,21). The van der Waals surface area contributed by atoms with E-state index in [-0.39, 0.29) is 11.6 Å². The van der Waals surface area contributed by atoms with E-state index in [0.29, 0.717) is 43.2 Å². The number of benzene rings is 1. The topological polar surface area (TPSA) is 102 Å². The maximum atomic E-state index is 12.6. The van der Waals surface area contributed by atoms with Crippen molar-refractivity contribution in [3.05, 3.63) is 47.9 Å². The second-order valence-corrected chi connectivity index (χ2v) is 5.54. The zero-order valence-corrected chi connectivity index (χ0v) is 13.4. The molecule has 1 aromatic carbocycles. The van der Waals surface area contributed by atoms with Crippen molar-refractivity contribution in [2.45, 2.75) is 0 Å². The van der Waals surface area contributed by atoms with E-state index in [1.165, 1.54) is 6.33 Å². The predicted octanol–water partition coefficient (Wildman–Crippen LogP) is 1.01. The van der Waals surface area contributed by atoms with Gasteiger partial charge in [0.05, 0.1) is 11.6 Å². The minimum absolute atomic E-state index is 0.193. The maximum absolute atomic E-state index is 12.6. The van der Waals surface area contributed by atoms with Gasteiger partial charge in [0, 0.05) is 37.9 Å². The van der Waals surface area contributed by atoms with E-state index >= 15 is 0 Å². The normalized spacial score (nSPS) is 13.9. The van der Waals surface area contributed by atoms with Gasteiger partial charge in [-0.2, -0.15) is 5.26 Å². The second-order valence-electron chi connectivity index (χ2n) is 5.54. The van der Waals surface area contributed by atoms with Crippen LogP contribution in [0.1, 0.15) is 16.1 Å². The summed E-state index contributed by atoms with van der Waals surface area (Å²) in [6, 6.07) is 10.6. The molecule has 0 unspecified atom stereocenters. The molecule has 1 N–H and O–H groups in total. The van der Waals surface area contributed by atoms with Gasteiger partial charge in [-0.05, 0) is 18.2 Å². The zero-order valence-electron chi connectivity index (χ0n) is 13.4. The molecule has 2 amide bonds. The largest absolute Gasteiger partial charge is 0.342 e. The first-order valence-corrected chi connectivity index (χ1v) is 7.77. The van der Waals surface area contributed by atoms with Gasteiger partial charge in [0.1, 0.15) is 17.8 Å². The number of carbonyl (C=O) groups excluding carboxylic acids is 2. The Balaban J connectivity index is 1.72. The highest BCUT2D eigenvalue weighted by Crippen LogP contribution is 2.16. The summed E-state index contributed by atoms with van der Waals surface area (Å²) in [5, 5.41) is 12.0. The van der Waals surface area contributed by atoms with E-state index in [0.717, 1.165) is 6.41 Å². The van der Waals surface area contributed by atoms with Crippen LogP contribution in [0, 0.1) is 11.3 Å². The first-order chi connectivity index (χ1) is 12.2. The van der Waals surface area contributed by atoms with Gasteiger partial charge in [0.25, 0.3) is 5.91 Å². The Morgan fingerprint density at radius 3 is 2.72 bits per heavy atom. The summed E-state index contributed by atoms with van der Waals surface area (Å²) < 4.78 is 0. The number of rotatable bonds is 4. The molecule has 2 aromatic rings. The average molecular weight is 336 g/mol. The Hall–Kier alpha value is -3.47. The summed E-state index contributed by atoms with van der Waals surface area (Å²) in [7, 11) is 0. The Labute approximate surface area is 144 Å². The van der Waals surface area contributed by atoms with Gasteiger partial charge in [-0.15, -0.1) is 0 Å². The monoisotopic (exact) mass is 336 g/mol. The third-order valence-electron chi connectivity index (χ3n) is 3.90. The SMILES string of the molecule is N#Cc1cccc(Nc2cc(C(=O)N3CCN(C=O)CC3)ncn2)c1. The molecule has 1 aliphatic rings. The minimum atomic E-state index is -0.193. The maximum Gasteiger partial charge on any atom is 0.272 e. The first kappa shape index (κ1) is 16.4. The summed E-state index contributed by atoms with van der Waals surface area (Å²) in [5.41, 5.74) is 1.52. The molecule has 1 fully saturated rings. The van der Waals surface area contributed by atoms with Crippen LogP contribution in [0.3, 0.4) is 0 Å². The van der Waals surface area contributed by atoms with Crippen LogP contribution >= 0.6 is 0 Å². The fourth-order valence-electron chi connectivity index (χ4n) is 2.55. The highest BCUT2D eigenvalue weighted by atomic mass is 16.2. The van der Waals surface area contributed by atoms with E-state index in [1.54, 1.807) is 34.1 Å². The van der Waals surface area contributed by atoms with E-state index < -0.39 is 0 Å². The summed E-state index contributed by atoms with van der Waals surface area (Å²) in [6.45, 7) is 2.00. The molecule has 0 atom stereocenters. The number of nitriles is 1. The molecule has 2 heterocycles. The molecule has 1 aliphatic heterocycles. The van der Waals surface area contributed by atoms with Gasteiger partial charge >= 0.3 is 0 Å². The number of nitrogens with zero attached hydrogens (tertiary/aromatic N) is 5. The van der Waals surface area contributed by atoms with Crippen LogP contribution in [0.25, 0.3) is 0 Å². The molecular weight excluding hydrogens is 320 g/mol. The van der Waals surface area contributed by atoms with Gasteiger partial charge in [-0.3, -0.25) is 9.59 Å². The third-order valence-corrected chi connectivity index (χ3v) is 3.90. The number of hydrogen-bond donors (Lipinski definition) is 1. The molecule has 1 aromatic heterocycles. The Morgan fingerprint density at radius 2 is 2.00 bits per heavy atom. The molecule has 126 valence electrons. The smallest absolute Gasteiger partial charge is 0.272 e. The number of nitrogens with one attached hydrogen (secondary N) is 1. The molecular formula is C17H16N6O2. The Kier molecular flexibility index (Phi) is 4.85. The summed E-state index contributed by atoms with van der Waals surface area (Å²) in [4.78, 5) is 34.8. The van der Waals surface area contributed by atoms with Gasteiger partial charge in [0.2, 0.25) is 6.41 Å². The fraction of sp³-hybridized carbons (Fsp3) is 0.235. The third kappa shape index (κ3) is 3.90. The highest BCUT2D eigenvalue weighted by Gasteiger charge is 2.22. The van der Waals surface area contributed by atoms with Gasteiger partial charge in [-0.1, -0.05) is 6.07 Å². The first-order valence-electron chi connectivity index (χ1n) is 7.77. The molecule has 0 spiro atoms. The molecule has 0 bridgehead atoms. The lowest BCUT2D eigenvalue weighted by Crippen LogP contribution is -2.48. The van der Waals surface area contributed by atoms with Crippen molar-refractivity contribution in [3.8, 4) is 6.07 Å². The van der Waals surface area contributed by atoms with Crippen LogP contribution in [0.4, 0.5) is 11.5 Å². The lowest BCUT2D eigenvalue weighted by atomic mass is 10.2. The summed E-state index contributed by atoms with van der Waals surface area (Å²) >= 11 is 0. The second kappa shape index (κ2) is 7.40. The number of amides is 2. The minimum Gasteiger partial charge on any atom is -0.342 e. The number of aromatic nitrogens is 2. The molecule has 8 heteroatoms. The van der Waals surface area contributed by atoms with Crippen molar-refractivity contribution < 1.29 is 9.59 Å². The lowest BCUT2D eigenvalue weighted by Gasteiger charge is -2.32. The zero-order chi connectivity index (χ0) is 17.6. The molecule has 0 aliphatic carbocycles. The van der Waals surface area contributed by atoms with Crippen LogP contribution in [0.2, 0.25) is 0 Å².